The van der Waals surface area contributed by atoms with Gasteiger partial charge in [0, 0.05) is 82.9 Å². The van der Waals surface area contributed by atoms with Crippen LogP contribution in [0.3, 0.4) is 0 Å². The zero-order valence-electron chi connectivity index (χ0n) is 23.3. The number of carbonyl (C=O) groups is 1. The number of hydrogen-bond donors (Lipinski definition) is 2. The Bertz CT molecular complexity index is 1180. The number of halogens is 3. The van der Waals surface area contributed by atoms with Gasteiger partial charge in [0.1, 0.15) is 11.4 Å². The third-order valence-electron chi connectivity index (χ3n) is 7.97. The van der Waals surface area contributed by atoms with Gasteiger partial charge in [-0.05, 0) is 63.0 Å². The summed E-state index contributed by atoms with van der Waals surface area (Å²) in [6, 6.07) is 6.26. The minimum Gasteiger partial charge on any atom is -0.369 e. The van der Waals surface area contributed by atoms with E-state index in [1.54, 1.807) is 4.90 Å². The average Bonchev–Trinajstić information content (AvgIpc) is 3.78. The van der Waals surface area contributed by atoms with Crippen molar-refractivity contribution < 1.29 is 18.0 Å². The third kappa shape index (κ3) is 7.14. The molecule has 0 radical (unpaired) electrons. The highest BCUT2D eigenvalue weighted by molar-refractivity contribution is 5.76. The molecule has 12 heteroatoms. The van der Waals surface area contributed by atoms with E-state index in [0.717, 1.165) is 69.6 Å². The second-order valence-electron chi connectivity index (χ2n) is 11.1. The summed E-state index contributed by atoms with van der Waals surface area (Å²) in [6.45, 7) is 6.84. The molecule has 3 heterocycles. The first-order chi connectivity index (χ1) is 19.2. The highest BCUT2D eigenvalue weighted by atomic mass is 19.4. The molecule has 9 nitrogen and oxygen atoms in total. The highest BCUT2D eigenvalue weighted by Gasteiger charge is 2.35. The van der Waals surface area contributed by atoms with Gasteiger partial charge >= 0.3 is 6.18 Å². The standard InChI is InChI=1S/C28H39F3N8O/c1-36-11-8-25(40)39(17-14-36)10-3-9-32-26-23(28(29,30)31)19-33-27(35-26)34-24-7-6-21(18-22(24)20-4-5-20)38-15-12-37(2)13-16-38/h6-7,18-20H,3-5,8-17H2,1-2H3,(H2,32,33,34,35). The van der Waals surface area contributed by atoms with E-state index in [2.05, 4.69) is 54.5 Å². The van der Waals surface area contributed by atoms with Crippen LogP contribution in [0, 0.1) is 0 Å². The Balaban J connectivity index is 1.27. The number of likely N-dealkylation sites (N-methyl/N-ethyl adjacent to an activating group) is 2. The number of rotatable bonds is 9. The van der Waals surface area contributed by atoms with Crippen LogP contribution in [0.5, 0.6) is 0 Å². The predicted molar refractivity (Wildman–Crippen MR) is 150 cm³/mol. The van der Waals surface area contributed by atoms with E-state index in [0.29, 0.717) is 31.8 Å². The molecular formula is C28H39F3N8O. The van der Waals surface area contributed by atoms with Gasteiger partial charge in [0.2, 0.25) is 11.9 Å². The van der Waals surface area contributed by atoms with Crippen LogP contribution in [-0.4, -0.2) is 104 Å². The van der Waals surface area contributed by atoms with Crippen LogP contribution in [0.1, 0.15) is 42.7 Å². The molecule has 2 saturated heterocycles. The van der Waals surface area contributed by atoms with Crippen LogP contribution in [0.2, 0.25) is 0 Å². The molecule has 0 atom stereocenters. The number of piperazine rings is 1. The lowest BCUT2D eigenvalue weighted by Crippen LogP contribution is -2.44. The lowest BCUT2D eigenvalue weighted by molar-refractivity contribution is -0.137. The zero-order valence-corrected chi connectivity index (χ0v) is 23.3. The van der Waals surface area contributed by atoms with Crippen molar-refractivity contribution in [2.75, 3.05) is 88.5 Å². The van der Waals surface area contributed by atoms with Crippen molar-refractivity contribution in [1.29, 1.82) is 0 Å². The number of anilines is 4. The molecule has 2 aliphatic heterocycles. The normalized spacial score (nSPS) is 19.6. The summed E-state index contributed by atoms with van der Waals surface area (Å²) >= 11 is 0. The number of carbonyl (C=O) groups excluding carboxylic acids is 1. The molecule has 2 aromatic rings. The van der Waals surface area contributed by atoms with Crippen LogP contribution in [-0.2, 0) is 11.0 Å². The minimum absolute atomic E-state index is 0.0824. The summed E-state index contributed by atoms with van der Waals surface area (Å²) < 4.78 is 41.3. The lowest BCUT2D eigenvalue weighted by Gasteiger charge is -2.34. The van der Waals surface area contributed by atoms with E-state index >= 15 is 0 Å². The third-order valence-corrected chi connectivity index (χ3v) is 7.97. The molecule has 2 N–H and O–H groups in total. The Kier molecular flexibility index (Phi) is 8.65. The van der Waals surface area contributed by atoms with Gasteiger partial charge in [-0.3, -0.25) is 4.79 Å². The summed E-state index contributed by atoms with van der Waals surface area (Å²) in [6.07, 6.45) is -0.590. The van der Waals surface area contributed by atoms with E-state index in [4.69, 9.17) is 0 Å². The SMILES string of the molecule is CN1CCC(=O)N(CCCNc2nc(Nc3ccc(N4CCN(C)CC4)cc3C3CC3)ncc2C(F)(F)F)CC1. The van der Waals surface area contributed by atoms with Crippen molar-refractivity contribution in [2.24, 2.45) is 0 Å². The van der Waals surface area contributed by atoms with Crippen LogP contribution >= 0.6 is 0 Å². The second kappa shape index (κ2) is 12.2. The molecular weight excluding hydrogens is 521 g/mol. The smallest absolute Gasteiger partial charge is 0.369 e. The Morgan fingerprint density at radius 1 is 1.00 bits per heavy atom. The summed E-state index contributed by atoms with van der Waals surface area (Å²) in [4.78, 5) is 29.2. The zero-order chi connectivity index (χ0) is 28.3. The molecule has 3 aliphatic rings. The Morgan fingerprint density at radius 2 is 1.73 bits per heavy atom. The molecule has 1 aromatic heterocycles. The van der Waals surface area contributed by atoms with Gasteiger partial charge < -0.3 is 30.2 Å². The molecule has 218 valence electrons. The predicted octanol–water partition coefficient (Wildman–Crippen LogP) is 3.83. The molecule has 1 amide bonds. The van der Waals surface area contributed by atoms with Gasteiger partial charge in [-0.25, -0.2) is 4.98 Å². The maximum absolute atomic E-state index is 13.8. The molecule has 0 unspecified atom stereocenters. The first kappa shape index (κ1) is 28.4. The average molecular weight is 561 g/mol. The molecule has 3 fully saturated rings. The Morgan fingerprint density at radius 3 is 2.45 bits per heavy atom. The van der Waals surface area contributed by atoms with E-state index in [1.807, 2.05) is 13.1 Å². The van der Waals surface area contributed by atoms with E-state index in [-0.39, 0.29) is 24.2 Å². The van der Waals surface area contributed by atoms with Crippen molar-refractivity contribution in [3.05, 3.63) is 35.5 Å². The van der Waals surface area contributed by atoms with Crippen LogP contribution in [0.15, 0.2) is 24.4 Å². The van der Waals surface area contributed by atoms with Crippen molar-refractivity contribution >= 4 is 29.0 Å². The first-order valence-electron chi connectivity index (χ1n) is 14.2. The summed E-state index contributed by atoms with van der Waals surface area (Å²) in [5.74, 6) is 0.381. The van der Waals surface area contributed by atoms with Crippen molar-refractivity contribution in [2.45, 2.75) is 37.8 Å². The quantitative estimate of drug-likeness (QED) is 0.448. The first-order valence-corrected chi connectivity index (χ1v) is 14.2. The number of alkyl halides is 3. The molecule has 5 rings (SSSR count). The minimum atomic E-state index is -4.59. The fraction of sp³-hybridized carbons (Fsp3) is 0.607. The summed E-state index contributed by atoms with van der Waals surface area (Å²) in [7, 11) is 4.11. The van der Waals surface area contributed by atoms with Crippen LogP contribution in [0.4, 0.5) is 36.3 Å². The van der Waals surface area contributed by atoms with E-state index in [9.17, 15) is 18.0 Å². The largest absolute Gasteiger partial charge is 0.421 e. The Hall–Kier alpha value is -3.12. The van der Waals surface area contributed by atoms with E-state index < -0.39 is 11.7 Å². The number of nitrogens with one attached hydrogen (secondary N) is 2. The second-order valence-corrected chi connectivity index (χ2v) is 11.1. The molecule has 0 bridgehead atoms. The number of benzene rings is 1. The molecule has 0 spiro atoms. The fourth-order valence-corrected chi connectivity index (χ4v) is 5.25. The van der Waals surface area contributed by atoms with Gasteiger partial charge in [0.15, 0.2) is 0 Å². The van der Waals surface area contributed by atoms with Crippen LogP contribution in [0.25, 0.3) is 0 Å². The fourth-order valence-electron chi connectivity index (χ4n) is 5.25. The number of hydrogen-bond acceptors (Lipinski definition) is 8. The molecule has 1 saturated carbocycles. The number of aromatic nitrogens is 2. The monoisotopic (exact) mass is 560 g/mol. The lowest BCUT2D eigenvalue weighted by atomic mass is 10.1. The number of nitrogens with zero attached hydrogens (tertiary/aromatic N) is 6. The topological polar surface area (TPSA) is 79.9 Å². The van der Waals surface area contributed by atoms with E-state index in [1.165, 1.54) is 5.69 Å². The summed E-state index contributed by atoms with van der Waals surface area (Å²) in [5, 5.41) is 6.06. The molecule has 40 heavy (non-hydrogen) atoms. The van der Waals surface area contributed by atoms with Crippen molar-refractivity contribution in [1.82, 2.24) is 24.7 Å². The molecule has 1 aliphatic carbocycles. The van der Waals surface area contributed by atoms with Gasteiger partial charge in [-0.15, -0.1) is 0 Å². The van der Waals surface area contributed by atoms with Gasteiger partial charge in [0.25, 0.3) is 0 Å². The maximum Gasteiger partial charge on any atom is 0.421 e. The highest BCUT2D eigenvalue weighted by Crippen LogP contribution is 2.45. The Labute approximate surface area is 233 Å². The molecule has 1 aromatic carbocycles. The van der Waals surface area contributed by atoms with Crippen LogP contribution < -0.4 is 15.5 Å². The van der Waals surface area contributed by atoms with Crippen molar-refractivity contribution in [3.63, 3.8) is 0 Å². The van der Waals surface area contributed by atoms with Gasteiger partial charge in [-0.1, -0.05) is 0 Å². The van der Waals surface area contributed by atoms with Crippen molar-refractivity contribution in [3.8, 4) is 0 Å². The summed E-state index contributed by atoms with van der Waals surface area (Å²) in [5.41, 5.74) is 2.25. The van der Waals surface area contributed by atoms with Gasteiger partial charge in [0.05, 0.1) is 0 Å². The number of amides is 1. The van der Waals surface area contributed by atoms with Gasteiger partial charge in [-0.2, -0.15) is 18.2 Å². The maximum atomic E-state index is 13.8.